The Balaban J connectivity index is 1.97. The number of nitrogens with one attached hydrogen (secondary N) is 1. The lowest BCUT2D eigenvalue weighted by molar-refractivity contribution is -0.129. The van der Waals surface area contributed by atoms with Gasteiger partial charge in [-0.1, -0.05) is 6.07 Å². The highest BCUT2D eigenvalue weighted by atomic mass is 19.3. The van der Waals surface area contributed by atoms with Gasteiger partial charge in [0.25, 0.3) is 5.91 Å². The number of rotatable bonds is 7. The molecular weight excluding hydrogens is 322 g/mol. The van der Waals surface area contributed by atoms with Gasteiger partial charge in [0.1, 0.15) is 0 Å². The van der Waals surface area contributed by atoms with E-state index in [-0.39, 0.29) is 35.9 Å². The summed E-state index contributed by atoms with van der Waals surface area (Å²) in [5.74, 6) is -0.907. The first-order valence-corrected chi connectivity index (χ1v) is 7.70. The van der Waals surface area contributed by atoms with Crippen molar-refractivity contribution in [3.63, 3.8) is 0 Å². The summed E-state index contributed by atoms with van der Waals surface area (Å²) in [4.78, 5) is 25.9. The smallest absolute Gasteiger partial charge is 0.387 e. The second-order valence-corrected chi connectivity index (χ2v) is 5.31. The number of nitrogens with zero attached hydrogens (tertiary/aromatic N) is 1. The third-order valence-corrected chi connectivity index (χ3v) is 3.73. The van der Waals surface area contributed by atoms with Crippen LogP contribution in [0, 0.1) is 0 Å². The topological polar surface area (TPSA) is 67.9 Å². The largest absolute Gasteiger partial charge is 0.493 e. The Morgan fingerprint density at radius 2 is 2.00 bits per heavy atom. The van der Waals surface area contributed by atoms with Crippen molar-refractivity contribution in [1.82, 2.24) is 10.2 Å². The van der Waals surface area contributed by atoms with E-state index < -0.39 is 12.5 Å². The first kappa shape index (κ1) is 18.0. The van der Waals surface area contributed by atoms with E-state index in [2.05, 4.69) is 10.1 Å². The molecule has 0 aromatic heterocycles. The molecule has 0 radical (unpaired) electrons. The average Bonchev–Trinajstić information content (AvgIpc) is 3.08. The second kappa shape index (κ2) is 8.47. The first-order chi connectivity index (χ1) is 11.5. The molecule has 1 N–H and O–H groups in total. The van der Waals surface area contributed by atoms with Crippen LogP contribution < -0.4 is 14.8 Å². The highest BCUT2D eigenvalue weighted by Gasteiger charge is 2.21. The van der Waals surface area contributed by atoms with Crippen LogP contribution in [0.1, 0.15) is 29.6 Å². The number of hydrogen-bond acceptors (Lipinski definition) is 4. The maximum absolute atomic E-state index is 12.6. The van der Waals surface area contributed by atoms with Crippen LogP contribution in [-0.2, 0) is 4.79 Å². The summed E-state index contributed by atoms with van der Waals surface area (Å²) in [6.45, 7) is -1.46. The molecule has 132 valence electrons. The van der Waals surface area contributed by atoms with Crippen LogP contribution in [0.15, 0.2) is 18.2 Å². The minimum atomic E-state index is -3.08. The minimum Gasteiger partial charge on any atom is -0.493 e. The zero-order valence-corrected chi connectivity index (χ0v) is 13.4. The zero-order chi connectivity index (χ0) is 17.5. The van der Waals surface area contributed by atoms with E-state index >= 15 is 0 Å². The minimum absolute atomic E-state index is 0.0255. The van der Waals surface area contributed by atoms with Gasteiger partial charge in [0.2, 0.25) is 5.91 Å². The highest BCUT2D eigenvalue weighted by molar-refractivity contribution is 5.98. The molecule has 1 heterocycles. The SMILES string of the molecule is COc1cccc(C(=O)NCCC(=O)N2CCCC2)c1OC(F)F. The molecule has 1 aliphatic heterocycles. The standard InChI is InChI=1S/C16H20F2N2O4/c1-23-12-6-4-5-11(14(12)24-16(17)18)15(22)19-8-7-13(21)20-9-2-3-10-20/h4-6,16H,2-3,7-10H2,1H3,(H,19,22). The van der Waals surface area contributed by atoms with Crippen molar-refractivity contribution in [2.45, 2.75) is 25.9 Å². The van der Waals surface area contributed by atoms with Crippen LogP contribution in [0.5, 0.6) is 11.5 Å². The van der Waals surface area contributed by atoms with Crippen LogP contribution in [0.25, 0.3) is 0 Å². The van der Waals surface area contributed by atoms with Crippen molar-refractivity contribution >= 4 is 11.8 Å². The lowest BCUT2D eigenvalue weighted by atomic mass is 10.1. The molecule has 1 aromatic rings. The summed E-state index contributed by atoms with van der Waals surface area (Å²) in [5, 5.41) is 2.55. The molecule has 0 unspecified atom stereocenters. The molecule has 24 heavy (non-hydrogen) atoms. The maximum Gasteiger partial charge on any atom is 0.387 e. The number of para-hydroxylation sites is 1. The molecule has 0 bridgehead atoms. The summed E-state index contributed by atoms with van der Waals surface area (Å²) < 4.78 is 34.5. The fourth-order valence-corrected chi connectivity index (χ4v) is 2.57. The van der Waals surface area contributed by atoms with E-state index in [4.69, 9.17) is 4.74 Å². The van der Waals surface area contributed by atoms with E-state index in [0.717, 1.165) is 25.9 Å². The van der Waals surface area contributed by atoms with Gasteiger partial charge in [-0.2, -0.15) is 8.78 Å². The number of carbonyl (C=O) groups excluding carboxylic acids is 2. The van der Waals surface area contributed by atoms with Crippen molar-refractivity contribution < 1.29 is 27.8 Å². The molecule has 6 nitrogen and oxygen atoms in total. The summed E-state index contributed by atoms with van der Waals surface area (Å²) in [7, 11) is 1.30. The van der Waals surface area contributed by atoms with E-state index in [1.54, 1.807) is 4.90 Å². The Bertz CT molecular complexity index is 589. The highest BCUT2D eigenvalue weighted by Crippen LogP contribution is 2.32. The van der Waals surface area contributed by atoms with E-state index in [0.29, 0.717) is 0 Å². The summed E-state index contributed by atoms with van der Waals surface area (Å²) in [6.07, 6.45) is 2.16. The molecule has 2 amide bonds. The average molecular weight is 342 g/mol. The molecule has 1 saturated heterocycles. The van der Waals surface area contributed by atoms with Gasteiger partial charge in [0.15, 0.2) is 11.5 Å². The normalized spacial score (nSPS) is 13.9. The molecule has 8 heteroatoms. The van der Waals surface area contributed by atoms with Gasteiger partial charge in [-0.3, -0.25) is 9.59 Å². The Morgan fingerprint density at radius 1 is 1.29 bits per heavy atom. The van der Waals surface area contributed by atoms with E-state index in [1.165, 1.54) is 25.3 Å². The fourth-order valence-electron chi connectivity index (χ4n) is 2.57. The van der Waals surface area contributed by atoms with Gasteiger partial charge < -0.3 is 19.7 Å². The number of carbonyl (C=O) groups is 2. The van der Waals surface area contributed by atoms with E-state index in [9.17, 15) is 18.4 Å². The Kier molecular flexibility index (Phi) is 6.34. The predicted octanol–water partition coefficient (Wildman–Crippen LogP) is 2.04. The monoisotopic (exact) mass is 342 g/mol. The zero-order valence-electron chi connectivity index (χ0n) is 13.4. The summed E-state index contributed by atoms with van der Waals surface area (Å²) in [6, 6.07) is 4.28. The predicted molar refractivity (Wildman–Crippen MR) is 82.4 cm³/mol. The number of likely N-dealkylation sites (tertiary alicyclic amines) is 1. The quantitative estimate of drug-likeness (QED) is 0.823. The summed E-state index contributed by atoms with van der Waals surface area (Å²) >= 11 is 0. The fraction of sp³-hybridized carbons (Fsp3) is 0.500. The maximum atomic E-state index is 12.6. The molecule has 0 spiro atoms. The van der Waals surface area contributed by atoms with Gasteiger partial charge >= 0.3 is 6.61 Å². The first-order valence-electron chi connectivity index (χ1n) is 7.70. The van der Waals surface area contributed by atoms with E-state index in [1.807, 2.05) is 0 Å². The molecule has 1 aromatic carbocycles. The van der Waals surface area contributed by atoms with Gasteiger partial charge in [-0.25, -0.2) is 0 Å². The third-order valence-electron chi connectivity index (χ3n) is 3.73. The lowest BCUT2D eigenvalue weighted by Gasteiger charge is -2.16. The molecule has 0 aliphatic carbocycles. The molecule has 1 fully saturated rings. The van der Waals surface area contributed by atoms with Gasteiger partial charge in [-0.15, -0.1) is 0 Å². The number of ether oxygens (including phenoxy) is 2. The van der Waals surface area contributed by atoms with Crippen molar-refractivity contribution in [2.24, 2.45) is 0 Å². The van der Waals surface area contributed by atoms with Crippen molar-refractivity contribution in [2.75, 3.05) is 26.7 Å². The number of alkyl halides is 2. The van der Waals surface area contributed by atoms with Crippen molar-refractivity contribution in [3.05, 3.63) is 23.8 Å². The lowest BCUT2D eigenvalue weighted by Crippen LogP contribution is -2.32. The van der Waals surface area contributed by atoms with Crippen LogP contribution in [0.4, 0.5) is 8.78 Å². The number of hydrogen-bond donors (Lipinski definition) is 1. The molecule has 1 aliphatic rings. The second-order valence-electron chi connectivity index (χ2n) is 5.31. The van der Waals surface area contributed by atoms with Crippen LogP contribution >= 0.6 is 0 Å². The van der Waals surface area contributed by atoms with Gasteiger partial charge in [-0.05, 0) is 25.0 Å². The van der Waals surface area contributed by atoms with Crippen molar-refractivity contribution in [3.8, 4) is 11.5 Å². The van der Waals surface area contributed by atoms with Crippen LogP contribution in [-0.4, -0.2) is 50.1 Å². The van der Waals surface area contributed by atoms with Gasteiger partial charge in [0, 0.05) is 26.1 Å². The Labute approximate surface area is 138 Å². The third kappa shape index (κ3) is 4.56. The van der Waals surface area contributed by atoms with Crippen LogP contribution in [0.3, 0.4) is 0 Å². The number of halogens is 2. The molecular formula is C16H20F2N2O4. The number of benzene rings is 1. The number of amides is 2. The number of methoxy groups -OCH3 is 1. The molecule has 2 rings (SSSR count). The van der Waals surface area contributed by atoms with Gasteiger partial charge in [0.05, 0.1) is 12.7 Å². The Morgan fingerprint density at radius 3 is 2.62 bits per heavy atom. The van der Waals surface area contributed by atoms with Crippen LogP contribution in [0.2, 0.25) is 0 Å². The molecule has 0 atom stereocenters. The molecule has 0 saturated carbocycles. The summed E-state index contributed by atoms with van der Waals surface area (Å²) in [5.41, 5.74) is -0.0664. The Hall–Kier alpha value is -2.38. The van der Waals surface area contributed by atoms with Crippen molar-refractivity contribution in [1.29, 1.82) is 0 Å².